The van der Waals surface area contributed by atoms with Crippen LogP contribution in [0.1, 0.15) is 183 Å². The Hall–Kier alpha value is -2.38. The molecular weight excluding hydrogens is 987 g/mol. The summed E-state index contributed by atoms with van der Waals surface area (Å²) in [5.74, 6) is -2.70. The van der Waals surface area contributed by atoms with Crippen molar-refractivity contribution < 1.29 is 85.4 Å². The van der Waals surface area contributed by atoms with Crippen molar-refractivity contribution in [2.24, 2.45) is 40.1 Å². The van der Waals surface area contributed by atoms with E-state index in [1.807, 2.05) is 33.8 Å². The average Bonchev–Trinajstić information content (AvgIpc) is 3.62. The van der Waals surface area contributed by atoms with E-state index in [0.717, 1.165) is 31.3 Å². The molecule has 20 heteroatoms. The molecule has 0 aromatic rings. The quantitative estimate of drug-likeness (QED) is 0.0368. The Morgan fingerprint density at radius 3 is 1.96 bits per heavy atom. The number of carbonyl (C=O) groups excluding carboxylic acids is 1. The van der Waals surface area contributed by atoms with Gasteiger partial charge in [0, 0.05) is 31.2 Å². The first-order valence-corrected chi connectivity index (χ1v) is 28.6. The van der Waals surface area contributed by atoms with Crippen LogP contribution in [0.5, 0.6) is 0 Å². The van der Waals surface area contributed by atoms with E-state index < -0.39 is 128 Å². The van der Waals surface area contributed by atoms with E-state index in [9.17, 15) is 71.2 Å². The van der Waals surface area contributed by atoms with Gasteiger partial charge in [0.2, 0.25) is 0 Å². The van der Waals surface area contributed by atoms with Crippen LogP contribution in [-0.2, 0) is 19.0 Å². The van der Waals surface area contributed by atoms with E-state index in [1.165, 1.54) is 13.0 Å². The highest BCUT2D eigenvalue weighted by Crippen LogP contribution is 2.32. The van der Waals surface area contributed by atoms with Crippen LogP contribution in [0, 0.1) is 23.7 Å². The monoisotopic (exact) mass is 1090 g/mol. The number of hydrogen-bond acceptors (Lipinski definition) is 18. The Balaban J connectivity index is 2.41. The third-order valence-corrected chi connectivity index (χ3v) is 15.5. The van der Waals surface area contributed by atoms with Crippen molar-refractivity contribution in [2.75, 3.05) is 13.2 Å². The van der Waals surface area contributed by atoms with E-state index in [2.05, 4.69) is 11.9 Å². The summed E-state index contributed by atoms with van der Waals surface area (Å²) in [4.78, 5) is 18.5. The topological polar surface area (TPSA) is 372 Å². The molecule has 2 aliphatic rings. The minimum Gasteiger partial charge on any atom is -0.461 e. The van der Waals surface area contributed by atoms with Crippen molar-refractivity contribution in [3.8, 4) is 0 Å². The zero-order chi connectivity index (χ0) is 57.1. The number of ether oxygens (including phenoxy) is 3. The molecule has 0 radical (unpaired) electrons. The Kier molecular flexibility index (Phi) is 34.4. The van der Waals surface area contributed by atoms with Crippen LogP contribution in [0.25, 0.3) is 0 Å². The first-order chi connectivity index (χ1) is 35.9. The lowest BCUT2D eigenvalue weighted by molar-refractivity contribution is -0.202. The van der Waals surface area contributed by atoms with Crippen molar-refractivity contribution >= 4 is 11.9 Å². The van der Waals surface area contributed by atoms with E-state index in [-0.39, 0.29) is 56.0 Å². The summed E-state index contributed by atoms with van der Waals surface area (Å²) in [5.41, 5.74) is 12.3. The maximum Gasteiger partial charge on any atom is 0.311 e. The summed E-state index contributed by atoms with van der Waals surface area (Å²) < 4.78 is 17.7. The first kappa shape index (κ1) is 69.7. The Morgan fingerprint density at radius 1 is 0.724 bits per heavy atom. The average molecular weight is 1090 g/mol. The number of nitrogens with two attached hydrogens (primary N) is 2. The van der Waals surface area contributed by atoms with Gasteiger partial charge in [-0.1, -0.05) is 83.9 Å². The molecule has 0 spiro atoms. The van der Waals surface area contributed by atoms with Crippen molar-refractivity contribution in [3.63, 3.8) is 0 Å². The number of guanidine groups is 1. The zero-order valence-corrected chi connectivity index (χ0v) is 46.7. The number of hydrogen-bond donors (Lipinski definition) is 15. The van der Waals surface area contributed by atoms with Crippen molar-refractivity contribution in [2.45, 2.75) is 281 Å². The van der Waals surface area contributed by atoms with Crippen LogP contribution in [0.3, 0.4) is 0 Å². The number of aliphatic hydroxyl groups excluding tert-OH is 13. The van der Waals surface area contributed by atoms with Crippen LogP contribution < -0.4 is 11.5 Å². The molecule has 0 saturated carbocycles. The fourth-order valence-corrected chi connectivity index (χ4v) is 10.5. The normalized spacial score (nSPS) is 36.7. The lowest BCUT2D eigenvalue weighted by atomic mass is 9.83. The highest BCUT2D eigenvalue weighted by atomic mass is 16.7. The molecule has 2 heterocycles. The SMILES string of the molecule is CCCCCCCC1C(=O)OC(C(C)C(O)CCCN=C(N)N)C(C)C=C(C)CCCCC(O)CC(O)CC(O)CC(O)CC(O)C(OC2OC(CO)C(O)C2O)C=C(C)C(O)CC(O)CCCC(O)CCC(C)C1O. The number of carbonyl (C=O) groups is 1. The van der Waals surface area contributed by atoms with Crippen molar-refractivity contribution in [3.05, 3.63) is 23.3 Å². The second-order valence-electron chi connectivity index (χ2n) is 22.6. The molecule has 0 aliphatic carbocycles. The van der Waals surface area contributed by atoms with Crippen LogP contribution in [-0.4, -0.2) is 189 Å². The van der Waals surface area contributed by atoms with Gasteiger partial charge in [0.05, 0.1) is 73.6 Å². The van der Waals surface area contributed by atoms with Crippen molar-refractivity contribution in [1.82, 2.24) is 0 Å². The zero-order valence-electron chi connectivity index (χ0n) is 46.7. The molecule has 1 fully saturated rings. The smallest absolute Gasteiger partial charge is 0.311 e. The van der Waals surface area contributed by atoms with Gasteiger partial charge in [-0.3, -0.25) is 9.79 Å². The fraction of sp³-hybridized carbons (Fsp3) is 0.893. The van der Waals surface area contributed by atoms with Crippen LogP contribution >= 0.6 is 0 Å². The van der Waals surface area contributed by atoms with Gasteiger partial charge in [-0.05, 0) is 115 Å². The minimum atomic E-state index is -1.62. The maximum absolute atomic E-state index is 14.4. The summed E-state index contributed by atoms with van der Waals surface area (Å²) in [6.07, 6.45) is -6.75. The molecular formula is C56H105N3O17. The van der Waals surface area contributed by atoms with Gasteiger partial charge < -0.3 is 92.1 Å². The molecule has 17 N–H and O–H groups in total. The third-order valence-electron chi connectivity index (χ3n) is 15.5. The lowest BCUT2D eigenvalue weighted by Crippen LogP contribution is -2.42. The molecule has 20 nitrogen and oxygen atoms in total. The summed E-state index contributed by atoms with van der Waals surface area (Å²) in [5, 5.41) is 142. The first-order valence-electron chi connectivity index (χ1n) is 28.6. The van der Waals surface area contributed by atoms with Gasteiger partial charge in [0.15, 0.2) is 12.2 Å². The summed E-state index contributed by atoms with van der Waals surface area (Å²) in [7, 11) is 0. The Morgan fingerprint density at radius 2 is 1.33 bits per heavy atom. The molecule has 0 aromatic carbocycles. The summed E-state index contributed by atoms with van der Waals surface area (Å²) in [6, 6.07) is 0. The molecule has 0 amide bonds. The maximum atomic E-state index is 14.4. The third kappa shape index (κ3) is 26.7. The van der Waals surface area contributed by atoms with Gasteiger partial charge in [0.1, 0.15) is 30.5 Å². The second kappa shape index (κ2) is 37.5. The van der Waals surface area contributed by atoms with E-state index in [4.69, 9.17) is 25.7 Å². The van der Waals surface area contributed by atoms with Gasteiger partial charge in [-0.15, -0.1) is 0 Å². The van der Waals surface area contributed by atoms with Crippen LogP contribution in [0.2, 0.25) is 0 Å². The van der Waals surface area contributed by atoms with Crippen molar-refractivity contribution in [1.29, 1.82) is 0 Å². The molecule has 0 aromatic heterocycles. The lowest BCUT2D eigenvalue weighted by Gasteiger charge is -2.34. The molecule has 2 rings (SSSR count). The highest BCUT2D eigenvalue weighted by molar-refractivity contribution is 5.75. The minimum absolute atomic E-state index is 0.0303. The predicted octanol–water partition coefficient (Wildman–Crippen LogP) is 2.64. The Bertz CT molecular complexity index is 1660. The summed E-state index contributed by atoms with van der Waals surface area (Å²) in [6.45, 7) is 10.9. The fourth-order valence-electron chi connectivity index (χ4n) is 10.5. The largest absolute Gasteiger partial charge is 0.461 e. The number of nitrogens with zero attached hydrogens (tertiary/aromatic N) is 1. The standard InChI is InChI=1S/C56H105N3O17/c1-7-8-9-10-11-20-44-50(70)34(3)22-23-38(61)18-14-19-40(63)30-46(68)35(4)26-48(74-55-52(72)51(71)49(32-60)75-55)47(69)31-43(66)29-42(65)28-41(64)27-39(62)17-13-12-16-33(2)25-36(5)53(76-54(44)73)37(6)45(67)21-15-24-59-56(57)58/h25-26,34,36-53,55,60-72H,7-24,27-32H2,1-6H3,(H4,57,58,59). The number of aliphatic hydroxyl groups is 13. The van der Waals surface area contributed by atoms with Crippen LogP contribution in [0.4, 0.5) is 0 Å². The number of unbranched alkanes of at least 4 members (excludes halogenated alkanes) is 4. The molecule has 20 atom stereocenters. The number of allylic oxidation sites excluding steroid dienone is 1. The van der Waals surface area contributed by atoms with Gasteiger partial charge in [-0.2, -0.15) is 0 Å². The number of aliphatic imine (C=N–C) groups is 1. The molecule has 1 saturated heterocycles. The molecule has 446 valence electrons. The van der Waals surface area contributed by atoms with Crippen LogP contribution in [0.15, 0.2) is 28.3 Å². The Labute approximate surface area is 453 Å². The highest BCUT2D eigenvalue weighted by Gasteiger charge is 2.45. The number of rotatable bonds is 15. The summed E-state index contributed by atoms with van der Waals surface area (Å²) >= 11 is 0. The van der Waals surface area contributed by atoms with E-state index in [1.54, 1.807) is 0 Å². The number of esters is 1. The predicted molar refractivity (Wildman–Crippen MR) is 289 cm³/mol. The molecule has 76 heavy (non-hydrogen) atoms. The second-order valence-corrected chi connectivity index (χ2v) is 22.6. The van der Waals surface area contributed by atoms with Gasteiger partial charge in [0.25, 0.3) is 0 Å². The van der Waals surface area contributed by atoms with Gasteiger partial charge >= 0.3 is 5.97 Å². The number of cyclic esters (lactones) is 1. The molecule has 20 unspecified atom stereocenters. The molecule has 0 bridgehead atoms. The van der Waals surface area contributed by atoms with E-state index in [0.29, 0.717) is 83.6 Å². The molecule has 2 aliphatic heterocycles. The van der Waals surface area contributed by atoms with Gasteiger partial charge in [-0.25, -0.2) is 0 Å². The van der Waals surface area contributed by atoms with E-state index >= 15 is 0 Å².